The highest BCUT2D eigenvalue weighted by atomic mass is 16.5. The first-order valence-corrected chi connectivity index (χ1v) is 6.45. The van der Waals surface area contributed by atoms with Crippen molar-refractivity contribution in [2.45, 2.75) is 19.6 Å². The van der Waals surface area contributed by atoms with E-state index >= 15 is 0 Å². The van der Waals surface area contributed by atoms with Crippen LogP contribution in [0.25, 0.3) is 0 Å². The summed E-state index contributed by atoms with van der Waals surface area (Å²) in [6.45, 7) is 6.20. The van der Waals surface area contributed by atoms with E-state index in [1.165, 1.54) is 16.7 Å². The lowest BCUT2D eigenvalue weighted by Crippen LogP contribution is -2.35. The van der Waals surface area contributed by atoms with Gasteiger partial charge in [-0.05, 0) is 16.7 Å². The summed E-state index contributed by atoms with van der Waals surface area (Å²) in [4.78, 5) is 15.0. The highest BCUT2D eigenvalue weighted by molar-refractivity contribution is 5.51. The third-order valence-corrected chi connectivity index (χ3v) is 3.68. The number of nitrogens with zero attached hydrogens (tertiary/aromatic N) is 2. The fourth-order valence-electron chi connectivity index (χ4n) is 2.66. The Morgan fingerprint density at radius 1 is 1.17 bits per heavy atom. The summed E-state index contributed by atoms with van der Waals surface area (Å²) in [7, 11) is 0. The lowest BCUT2D eigenvalue weighted by Gasteiger charge is -2.26. The Labute approximate surface area is 107 Å². The van der Waals surface area contributed by atoms with Gasteiger partial charge in [0.25, 0.3) is 0 Å². The Kier molecular flexibility index (Phi) is 3.30. The molecule has 0 aromatic heterocycles. The van der Waals surface area contributed by atoms with Crippen molar-refractivity contribution in [3.8, 4) is 0 Å². The summed E-state index contributed by atoms with van der Waals surface area (Å²) in [5.74, 6) is 0. The summed E-state index contributed by atoms with van der Waals surface area (Å²) >= 11 is 0. The van der Waals surface area contributed by atoms with Crippen molar-refractivity contribution in [2.75, 3.05) is 26.3 Å². The van der Waals surface area contributed by atoms with Gasteiger partial charge in [0.2, 0.25) is 6.41 Å². The number of benzene rings is 1. The second-order valence-electron chi connectivity index (χ2n) is 5.00. The third kappa shape index (κ3) is 2.40. The van der Waals surface area contributed by atoms with Gasteiger partial charge in [0, 0.05) is 32.7 Å². The quantitative estimate of drug-likeness (QED) is 0.746. The van der Waals surface area contributed by atoms with Gasteiger partial charge in [-0.15, -0.1) is 0 Å². The minimum Gasteiger partial charge on any atom is -0.379 e. The van der Waals surface area contributed by atoms with Gasteiger partial charge >= 0.3 is 0 Å². The van der Waals surface area contributed by atoms with Gasteiger partial charge in [0.1, 0.15) is 0 Å². The smallest absolute Gasteiger partial charge is 0.210 e. The van der Waals surface area contributed by atoms with Gasteiger partial charge in [-0.25, -0.2) is 0 Å². The highest BCUT2D eigenvalue weighted by Crippen LogP contribution is 2.23. The van der Waals surface area contributed by atoms with Crippen LogP contribution in [0.5, 0.6) is 0 Å². The highest BCUT2D eigenvalue weighted by Gasteiger charge is 2.18. The second-order valence-corrected chi connectivity index (χ2v) is 5.00. The Hall–Kier alpha value is -1.39. The predicted octanol–water partition coefficient (Wildman–Crippen LogP) is 0.991. The van der Waals surface area contributed by atoms with Crippen molar-refractivity contribution in [2.24, 2.45) is 0 Å². The first-order chi connectivity index (χ1) is 8.85. The van der Waals surface area contributed by atoms with E-state index in [1.807, 2.05) is 4.90 Å². The van der Waals surface area contributed by atoms with Crippen LogP contribution in [0, 0.1) is 0 Å². The monoisotopic (exact) mass is 246 g/mol. The van der Waals surface area contributed by atoms with Crippen LogP contribution in [0.3, 0.4) is 0 Å². The van der Waals surface area contributed by atoms with Gasteiger partial charge in [0.15, 0.2) is 0 Å². The average Bonchev–Trinajstić information content (AvgIpc) is 2.82. The van der Waals surface area contributed by atoms with Crippen molar-refractivity contribution in [3.05, 3.63) is 34.9 Å². The van der Waals surface area contributed by atoms with Crippen LogP contribution in [0.15, 0.2) is 18.2 Å². The summed E-state index contributed by atoms with van der Waals surface area (Å²) in [5.41, 5.74) is 3.92. The van der Waals surface area contributed by atoms with E-state index < -0.39 is 0 Å². The van der Waals surface area contributed by atoms with Gasteiger partial charge < -0.3 is 9.64 Å². The number of amides is 1. The van der Waals surface area contributed by atoms with Crippen molar-refractivity contribution < 1.29 is 9.53 Å². The number of hydrogen-bond donors (Lipinski definition) is 0. The first-order valence-electron chi connectivity index (χ1n) is 6.45. The minimum absolute atomic E-state index is 0.760. The molecule has 1 saturated heterocycles. The SMILES string of the molecule is O=CN1Cc2ccc(CN3CCOCC3)cc2C1. The number of ether oxygens (including phenoxy) is 1. The van der Waals surface area contributed by atoms with E-state index in [9.17, 15) is 4.79 Å². The zero-order valence-corrected chi connectivity index (χ0v) is 10.5. The van der Waals surface area contributed by atoms with Crippen LogP contribution in [-0.4, -0.2) is 42.5 Å². The largest absolute Gasteiger partial charge is 0.379 e. The normalized spacial score (nSPS) is 19.9. The number of carbonyl (C=O) groups excluding carboxylic acids is 1. The van der Waals surface area contributed by atoms with E-state index in [0.717, 1.165) is 52.3 Å². The number of rotatable bonds is 3. The average molecular weight is 246 g/mol. The molecule has 0 bridgehead atoms. The topological polar surface area (TPSA) is 32.8 Å². The minimum atomic E-state index is 0.760. The summed E-state index contributed by atoms with van der Waals surface area (Å²) in [6.07, 6.45) is 0.932. The molecule has 2 aliphatic rings. The molecule has 0 radical (unpaired) electrons. The molecule has 0 saturated carbocycles. The van der Waals surface area contributed by atoms with E-state index in [4.69, 9.17) is 4.74 Å². The molecule has 1 aromatic rings. The van der Waals surface area contributed by atoms with Crippen LogP contribution in [0.1, 0.15) is 16.7 Å². The number of fused-ring (bicyclic) bond motifs is 1. The zero-order chi connectivity index (χ0) is 12.4. The molecule has 0 spiro atoms. The van der Waals surface area contributed by atoms with Crippen molar-refractivity contribution >= 4 is 6.41 Å². The lowest BCUT2D eigenvalue weighted by molar-refractivity contribution is -0.118. The molecule has 2 aliphatic heterocycles. The Morgan fingerprint density at radius 3 is 2.72 bits per heavy atom. The predicted molar refractivity (Wildman–Crippen MR) is 67.8 cm³/mol. The van der Waals surface area contributed by atoms with E-state index in [1.54, 1.807) is 0 Å². The summed E-state index contributed by atoms with van der Waals surface area (Å²) < 4.78 is 5.35. The summed E-state index contributed by atoms with van der Waals surface area (Å²) in [5, 5.41) is 0. The molecule has 0 atom stereocenters. The van der Waals surface area contributed by atoms with Crippen LogP contribution in [0.4, 0.5) is 0 Å². The molecule has 1 aromatic carbocycles. The fraction of sp³-hybridized carbons (Fsp3) is 0.500. The molecular weight excluding hydrogens is 228 g/mol. The molecule has 3 rings (SSSR count). The Balaban J connectivity index is 1.69. The molecule has 4 heteroatoms. The molecule has 1 fully saturated rings. The molecule has 1 amide bonds. The number of hydrogen-bond acceptors (Lipinski definition) is 3. The van der Waals surface area contributed by atoms with Crippen molar-refractivity contribution in [1.29, 1.82) is 0 Å². The van der Waals surface area contributed by atoms with E-state index in [-0.39, 0.29) is 0 Å². The maximum Gasteiger partial charge on any atom is 0.210 e. The van der Waals surface area contributed by atoms with Gasteiger partial charge in [-0.3, -0.25) is 9.69 Å². The van der Waals surface area contributed by atoms with Crippen LogP contribution < -0.4 is 0 Å². The Bertz CT molecular complexity index is 441. The van der Waals surface area contributed by atoms with E-state index in [0.29, 0.717) is 0 Å². The molecule has 4 nitrogen and oxygen atoms in total. The maximum absolute atomic E-state index is 10.8. The first kappa shape index (κ1) is 11.7. The fourth-order valence-corrected chi connectivity index (χ4v) is 2.66. The maximum atomic E-state index is 10.8. The summed E-state index contributed by atoms with van der Waals surface area (Å²) in [6, 6.07) is 6.59. The van der Waals surface area contributed by atoms with Crippen LogP contribution >= 0.6 is 0 Å². The molecule has 96 valence electrons. The van der Waals surface area contributed by atoms with Crippen molar-refractivity contribution in [1.82, 2.24) is 9.80 Å². The molecule has 0 N–H and O–H groups in total. The van der Waals surface area contributed by atoms with Gasteiger partial charge in [-0.2, -0.15) is 0 Å². The molecule has 2 heterocycles. The number of carbonyl (C=O) groups is 1. The van der Waals surface area contributed by atoms with Gasteiger partial charge in [-0.1, -0.05) is 18.2 Å². The number of morpholine rings is 1. The standard InChI is InChI=1S/C14H18N2O2/c17-11-16-9-13-2-1-12(7-14(13)10-16)8-15-3-5-18-6-4-15/h1-2,7,11H,3-6,8-10H2. The molecule has 18 heavy (non-hydrogen) atoms. The van der Waals surface area contributed by atoms with Gasteiger partial charge in [0.05, 0.1) is 13.2 Å². The second kappa shape index (κ2) is 5.08. The molecular formula is C14H18N2O2. The van der Waals surface area contributed by atoms with Crippen molar-refractivity contribution in [3.63, 3.8) is 0 Å². The Morgan fingerprint density at radius 2 is 1.94 bits per heavy atom. The zero-order valence-electron chi connectivity index (χ0n) is 10.5. The third-order valence-electron chi connectivity index (χ3n) is 3.68. The lowest BCUT2D eigenvalue weighted by atomic mass is 10.1. The molecule has 0 aliphatic carbocycles. The van der Waals surface area contributed by atoms with Crippen LogP contribution in [0.2, 0.25) is 0 Å². The molecule has 0 unspecified atom stereocenters. The van der Waals surface area contributed by atoms with E-state index in [2.05, 4.69) is 23.1 Å². The van der Waals surface area contributed by atoms with Crippen LogP contribution in [-0.2, 0) is 29.2 Å².